The van der Waals surface area contributed by atoms with Crippen molar-refractivity contribution in [3.05, 3.63) is 35.0 Å². The number of carbonyl (C=O) groups is 1. The van der Waals surface area contributed by atoms with Gasteiger partial charge in [-0.15, -0.1) is 11.3 Å². The van der Waals surface area contributed by atoms with Crippen LogP contribution in [0.2, 0.25) is 0 Å². The van der Waals surface area contributed by atoms with Crippen molar-refractivity contribution in [2.45, 2.75) is 26.7 Å². The molecule has 1 atom stereocenters. The second kappa shape index (κ2) is 5.93. The Kier molecular flexibility index (Phi) is 4.01. The maximum atomic E-state index is 11.4. The van der Waals surface area contributed by atoms with Crippen LogP contribution in [0.25, 0.3) is 10.7 Å². The first-order valence-electron chi connectivity index (χ1n) is 7.25. The van der Waals surface area contributed by atoms with Crippen LogP contribution in [0.3, 0.4) is 0 Å². The lowest BCUT2D eigenvalue weighted by atomic mass is 10.00. The summed E-state index contributed by atoms with van der Waals surface area (Å²) < 4.78 is 0. The van der Waals surface area contributed by atoms with Crippen LogP contribution >= 0.6 is 11.3 Å². The lowest BCUT2D eigenvalue weighted by Crippen LogP contribution is -2.26. The predicted molar refractivity (Wildman–Crippen MR) is 84.1 cm³/mol. The smallest absolute Gasteiger partial charge is 0.219 e. The number of likely N-dealkylation sites (tertiary alicyclic amines) is 1. The molecular weight excluding hydrogens is 282 g/mol. The van der Waals surface area contributed by atoms with Crippen molar-refractivity contribution >= 4 is 17.2 Å². The monoisotopic (exact) mass is 301 g/mol. The molecule has 0 aliphatic carbocycles. The molecule has 0 aromatic carbocycles. The van der Waals surface area contributed by atoms with Crippen LogP contribution in [-0.4, -0.2) is 33.9 Å². The third-order valence-electron chi connectivity index (χ3n) is 3.92. The van der Waals surface area contributed by atoms with E-state index in [0.717, 1.165) is 42.3 Å². The lowest BCUT2D eigenvalue weighted by molar-refractivity contribution is -0.127. The molecule has 1 aliphatic rings. The Hall–Kier alpha value is -1.75. The van der Waals surface area contributed by atoms with Crippen LogP contribution in [0.5, 0.6) is 0 Å². The minimum Gasteiger partial charge on any atom is -0.343 e. The third-order valence-corrected chi connectivity index (χ3v) is 4.90. The molecule has 0 radical (unpaired) electrons. The molecule has 1 aliphatic heterocycles. The number of aryl methyl sites for hydroxylation is 1. The molecule has 3 rings (SSSR count). The Balaban J connectivity index is 1.64. The van der Waals surface area contributed by atoms with Crippen LogP contribution in [-0.2, 0) is 11.2 Å². The van der Waals surface area contributed by atoms with E-state index in [9.17, 15) is 4.79 Å². The van der Waals surface area contributed by atoms with E-state index in [2.05, 4.69) is 16.0 Å². The first-order valence-corrected chi connectivity index (χ1v) is 8.13. The first-order chi connectivity index (χ1) is 10.1. The van der Waals surface area contributed by atoms with Crippen LogP contribution < -0.4 is 0 Å². The van der Waals surface area contributed by atoms with E-state index in [1.165, 1.54) is 5.56 Å². The van der Waals surface area contributed by atoms with Gasteiger partial charge in [-0.05, 0) is 37.3 Å². The second-order valence-corrected chi connectivity index (χ2v) is 6.53. The van der Waals surface area contributed by atoms with Crippen molar-refractivity contribution in [1.82, 2.24) is 14.9 Å². The number of aromatic nitrogens is 2. The normalized spacial score (nSPS) is 18.2. The molecule has 5 heteroatoms. The van der Waals surface area contributed by atoms with Gasteiger partial charge in [0.2, 0.25) is 5.91 Å². The number of hydrogen-bond donors (Lipinski definition) is 0. The Morgan fingerprint density at radius 1 is 1.48 bits per heavy atom. The molecular formula is C16H19N3OS. The fourth-order valence-corrected chi connectivity index (χ4v) is 3.54. The van der Waals surface area contributed by atoms with E-state index < -0.39 is 0 Å². The Morgan fingerprint density at radius 2 is 2.33 bits per heavy atom. The zero-order valence-corrected chi connectivity index (χ0v) is 13.2. The minimum atomic E-state index is 0.185. The highest BCUT2D eigenvalue weighted by Gasteiger charge is 2.24. The molecule has 110 valence electrons. The Morgan fingerprint density at radius 3 is 2.90 bits per heavy atom. The molecule has 0 spiro atoms. The topological polar surface area (TPSA) is 46.1 Å². The molecule has 0 saturated carbocycles. The SMILES string of the molecule is CC(=O)N1CC[C@H](Cc2ccc(-c3nc(C)cs3)nc2)C1. The number of carbonyl (C=O) groups excluding carboxylic acids is 1. The predicted octanol–water partition coefficient (Wildman–Crippen LogP) is 2.92. The van der Waals surface area contributed by atoms with Gasteiger partial charge in [-0.1, -0.05) is 6.07 Å². The molecule has 21 heavy (non-hydrogen) atoms. The van der Waals surface area contributed by atoms with E-state index in [0.29, 0.717) is 5.92 Å². The molecule has 1 fully saturated rings. The zero-order valence-electron chi connectivity index (χ0n) is 12.4. The molecule has 0 unspecified atom stereocenters. The quantitative estimate of drug-likeness (QED) is 0.875. The Labute approximate surface area is 128 Å². The van der Waals surface area contributed by atoms with Gasteiger partial charge in [-0.2, -0.15) is 0 Å². The summed E-state index contributed by atoms with van der Waals surface area (Å²) in [5.41, 5.74) is 3.22. The average Bonchev–Trinajstić information content (AvgIpc) is 3.09. The molecule has 1 amide bonds. The van der Waals surface area contributed by atoms with E-state index in [-0.39, 0.29) is 5.91 Å². The van der Waals surface area contributed by atoms with Gasteiger partial charge in [0.1, 0.15) is 5.01 Å². The lowest BCUT2D eigenvalue weighted by Gasteiger charge is -2.13. The summed E-state index contributed by atoms with van der Waals surface area (Å²) in [6.07, 6.45) is 4.03. The molecule has 0 N–H and O–H groups in total. The van der Waals surface area contributed by atoms with E-state index >= 15 is 0 Å². The van der Waals surface area contributed by atoms with Gasteiger partial charge in [0, 0.05) is 37.3 Å². The summed E-state index contributed by atoms with van der Waals surface area (Å²) in [4.78, 5) is 22.3. The van der Waals surface area contributed by atoms with E-state index in [1.807, 2.05) is 29.5 Å². The van der Waals surface area contributed by atoms with Crippen LogP contribution in [0.1, 0.15) is 24.6 Å². The average molecular weight is 301 g/mol. The van der Waals surface area contributed by atoms with Gasteiger partial charge < -0.3 is 4.90 Å². The first kappa shape index (κ1) is 14.2. The maximum absolute atomic E-state index is 11.4. The Bertz CT molecular complexity index is 635. The van der Waals surface area contributed by atoms with Crippen molar-refractivity contribution in [3.8, 4) is 10.7 Å². The summed E-state index contributed by atoms with van der Waals surface area (Å²) in [6.45, 7) is 5.41. The fraction of sp³-hybridized carbons (Fsp3) is 0.438. The van der Waals surface area contributed by atoms with E-state index in [1.54, 1.807) is 18.3 Å². The van der Waals surface area contributed by atoms with Crippen molar-refractivity contribution in [1.29, 1.82) is 0 Å². The molecule has 2 aromatic heterocycles. The van der Waals surface area contributed by atoms with Crippen molar-refractivity contribution in [2.24, 2.45) is 5.92 Å². The summed E-state index contributed by atoms with van der Waals surface area (Å²) >= 11 is 1.63. The van der Waals surface area contributed by atoms with Crippen LogP contribution in [0.4, 0.5) is 0 Å². The number of rotatable bonds is 3. The number of amides is 1. The summed E-state index contributed by atoms with van der Waals surface area (Å²) in [6, 6.07) is 4.18. The number of hydrogen-bond acceptors (Lipinski definition) is 4. The molecule has 4 nitrogen and oxygen atoms in total. The summed E-state index contributed by atoms with van der Waals surface area (Å²) in [5.74, 6) is 0.744. The highest BCUT2D eigenvalue weighted by atomic mass is 32.1. The van der Waals surface area contributed by atoms with Gasteiger partial charge >= 0.3 is 0 Å². The number of thiazole rings is 1. The number of pyridine rings is 1. The van der Waals surface area contributed by atoms with Gasteiger partial charge in [0.25, 0.3) is 0 Å². The molecule has 0 bridgehead atoms. The van der Waals surface area contributed by atoms with E-state index in [4.69, 9.17) is 0 Å². The van der Waals surface area contributed by atoms with Crippen LogP contribution in [0, 0.1) is 12.8 Å². The van der Waals surface area contributed by atoms with Crippen LogP contribution in [0.15, 0.2) is 23.7 Å². The molecule has 1 saturated heterocycles. The second-order valence-electron chi connectivity index (χ2n) is 5.67. The highest BCUT2D eigenvalue weighted by Crippen LogP contribution is 2.24. The number of nitrogens with zero attached hydrogens (tertiary/aromatic N) is 3. The third kappa shape index (κ3) is 3.29. The maximum Gasteiger partial charge on any atom is 0.219 e. The largest absolute Gasteiger partial charge is 0.343 e. The summed E-state index contributed by atoms with van der Waals surface area (Å²) in [5, 5.41) is 3.02. The van der Waals surface area contributed by atoms with Crippen molar-refractivity contribution in [2.75, 3.05) is 13.1 Å². The van der Waals surface area contributed by atoms with Gasteiger partial charge in [0.15, 0.2) is 0 Å². The van der Waals surface area contributed by atoms with Gasteiger partial charge in [-0.3, -0.25) is 9.78 Å². The highest BCUT2D eigenvalue weighted by molar-refractivity contribution is 7.13. The fourth-order valence-electron chi connectivity index (χ4n) is 2.76. The summed E-state index contributed by atoms with van der Waals surface area (Å²) in [7, 11) is 0. The van der Waals surface area contributed by atoms with Crippen molar-refractivity contribution < 1.29 is 4.79 Å². The minimum absolute atomic E-state index is 0.185. The standard InChI is InChI=1S/C16H19N3OS/c1-11-10-21-16(18-11)15-4-3-13(8-17-15)7-14-5-6-19(9-14)12(2)20/h3-4,8,10,14H,5-7,9H2,1-2H3/t14-/m1/s1. The van der Waals surface area contributed by atoms with Crippen molar-refractivity contribution in [3.63, 3.8) is 0 Å². The molecule has 3 heterocycles. The zero-order chi connectivity index (χ0) is 14.8. The molecule has 2 aromatic rings. The van der Waals surface area contributed by atoms with Gasteiger partial charge in [0.05, 0.1) is 5.69 Å². The van der Waals surface area contributed by atoms with Gasteiger partial charge in [-0.25, -0.2) is 4.98 Å².